The second kappa shape index (κ2) is 4.61. The molecule has 0 amide bonds. The first kappa shape index (κ1) is 11.3. The van der Waals surface area contributed by atoms with Gasteiger partial charge in [-0.1, -0.05) is 11.6 Å². The summed E-state index contributed by atoms with van der Waals surface area (Å²) in [7, 11) is 1.34. The highest BCUT2D eigenvalue weighted by Gasteiger charge is 2.10. The summed E-state index contributed by atoms with van der Waals surface area (Å²) in [5.41, 5.74) is 0.489. The van der Waals surface area contributed by atoms with Gasteiger partial charge in [-0.15, -0.1) is 0 Å². The Balaban J connectivity index is 3.20. The highest BCUT2D eigenvalue weighted by Crippen LogP contribution is 2.29. The summed E-state index contributed by atoms with van der Waals surface area (Å²) in [6, 6.07) is 3.32. The first-order chi connectivity index (χ1) is 6.06. The fourth-order valence-electron chi connectivity index (χ4n) is 0.791. The van der Waals surface area contributed by atoms with Crippen LogP contribution in [0.2, 0.25) is 5.02 Å². The Kier molecular flexibility index (Phi) is 4.00. The molecule has 0 radical (unpaired) electrons. The largest absolute Gasteiger partial charge is 0.465 e. The van der Waals surface area contributed by atoms with E-state index in [-0.39, 0.29) is 5.97 Å². The molecule has 0 saturated carbocycles. The van der Waals surface area contributed by atoms with Crippen LogP contribution in [0.3, 0.4) is 0 Å². The van der Waals surface area contributed by atoms with E-state index in [1.807, 2.05) is 0 Å². The number of ether oxygens (including phenoxy) is 1. The summed E-state index contributed by atoms with van der Waals surface area (Å²) in [5.74, 6) is -0.365. The molecule has 5 heteroatoms. The Morgan fingerprint density at radius 2 is 2.23 bits per heavy atom. The Morgan fingerprint density at radius 1 is 1.62 bits per heavy atom. The minimum Gasteiger partial charge on any atom is -0.465 e. The summed E-state index contributed by atoms with van der Waals surface area (Å²) >= 11 is 11.2. The van der Waals surface area contributed by atoms with Crippen LogP contribution in [0.4, 0.5) is 0 Å². The van der Waals surface area contributed by atoms with Gasteiger partial charge >= 0.3 is 5.97 Å². The van der Waals surface area contributed by atoms with E-state index in [0.29, 0.717) is 15.1 Å². The molecule has 0 aliphatic heterocycles. The minimum absolute atomic E-state index is 0.365. The van der Waals surface area contributed by atoms with Gasteiger partial charge in [-0.3, -0.25) is 0 Å². The number of rotatable bonds is 1. The van der Waals surface area contributed by atoms with Crippen molar-refractivity contribution in [2.45, 2.75) is 0 Å². The van der Waals surface area contributed by atoms with Crippen molar-refractivity contribution < 1.29 is 9.53 Å². The van der Waals surface area contributed by atoms with E-state index < -0.39 is 0 Å². The molecule has 0 N–H and O–H groups in total. The first-order valence-corrected chi connectivity index (χ1v) is 5.54. The Labute approximate surface area is 103 Å². The quantitative estimate of drug-likeness (QED) is 0.427. The average Bonchev–Trinajstić information content (AvgIpc) is 2.12. The van der Waals surface area contributed by atoms with Crippen LogP contribution < -0.4 is 0 Å². The van der Waals surface area contributed by atoms with Crippen molar-refractivity contribution in [3.05, 3.63) is 30.8 Å². The van der Waals surface area contributed by atoms with E-state index in [4.69, 9.17) is 11.6 Å². The molecule has 70 valence electrons. The third-order valence-electron chi connectivity index (χ3n) is 1.40. The zero-order valence-corrected chi connectivity index (χ0v) is 11.1. The monoisotopic (exact) mass is 374 g/mol. The highest BCUT2D eigenvalue weighted by atomic mass is 127. The fraction of sp³-hybridized carbons (Fsp3) is 0.125. The number of benzene rings is 1. The lowest BCUT2D eigenvalue weighted by Crippen LogP contribution is -2.01. The van der Waals surface area contributed by atoms with Crippen molar-refractivity contribution in [2.24, 2.45) is 0 Å². The fourth-order valence-corrected chi connectivity index (χ4v) is 2.36. The molecule has 0 aromatic heterocycles. The molecule has 0 aliphatic rings. The van der Waals surface area contributed by atoms with E-state index in [1.54, 1.807) is 12.1 Å². The second-order valence-electron chi connectivity index (χ2n) is 2.25. The summed E-state index contributed by atoms with van der Waals surface area (Å²) in [4.78, 5) is 11.1. The lowest BCUT2D eigenvalue weighted by molar-refractivity contribution is 0.0600. The number of hydrogen-bond donors (Lipinski definition) is 0. The Morgan fingerprint density at radius 3 is 2.69 bits per heavy atom. The molecule has 0 heterocycles. The van der Waals surface area contributed by atoms with Gasteiger partial charge in [0, 0.05) is 8.04 Å². The molecule has 0 atom stereocenters. The zero-order chi connectivity index (χ0) is 10.0. The van der Waals surface area contributed by atoms with Gasteiger partial charge in [-0.05, 0) is 50.7 Å². The topological polar surface area (TPSA) is 26.3 Å². The molecule has 1 rings (SSSR count). The zero-order valence-electron chi connectivity index (χ0n) is 6.61. The van der Waals surface area contributed by atoms with Crippen molar-refractivity contribution in [3.63, 3.8) is 0 Å². The third-order valence-corrected chi connectivity index (χ3v) is 3.84. The lowest BCUT2D eigenvalue weighted by atomic mass is 10.2. The number of hydrogen-bond acceptors (Lipinski definition) is 2. The number of halogens is 3. The average molecular weight is 375 g/mol. The van der Waals surface area contributed by atoms with Gasteiger partial charge in [0.2, 0.25) is 0 Å². The molecule has 0 unspecified atom stereocenters. The maximum Gasteiger partial charge on any atom is 0.337 e. The molecular weight excluding hydrogens is 370 g/mol. The maximum absolute atomic E-state index is 11.1. The van der Waals surface area contributed by atoms with Crippen molar-refractivity contribution in [1.82, 2.24) is 0 Å². The highest BCUT2D eigenvalue weighted by molar-refractivity contribution is 14.1. The van der Waals surface area contributed by atoms with Gasteiger partial charge in [0.15, 0.2) is 0 Å². The van der Waals surface area contributed by atoms with Crippen molar-refractivity contribution in [1.29, 1.82) is 0 Å². The van der Waals surface area contributed by atoms with E-state index >= 15 is 0 Å². The maximum atomic E-state index is 11.1. The molecule has 1 aromatic carbocycles. The van der Waals surface area contributed by atoms with E-state index in [1.165, 1.54) is 7.11 Å². The summed E-state index contributed by atoms with van der Waals surface area (Å²) in [5, 5.41) is 0.605. The van der Waals surface area contributed by atoms with Crippen molar-refractivity contribution in [3.8, 4) is 0 Å². The third kappa shape index (κ3) is 2.57. The summed E-state index contributed by atoms with van der Waals surface area (Å²) in [6.45, 7) is 0. The summed E-state index contributed by atoms with van der Waals surface area (Å²) < 4.78 is 6.09. The second-order valence-corrected chi connectivity index (χ2v) is 4.64. The lowest BCUT2D eigenvalue weighted by Gasteiger charge is -2.03. The summed E-state index contributed by atoms with van der Waals surface area (Å²) in [6.07, 6.45) is 0. The molecule has 0 fully saturated rings. The van der Waals surface area contributed by atoms with Crippen molar-refractivity contribution >= 4 is 56.1 Å². The van der Waals surface area contributed by atoms with Crippen LogP contribution in [-0.4, -0.2) is 13.1 Å². The Bertz CT molecular complexity index is 331. The minimum atomic E-state index is -0.365. The van der Waals surface area contributed by atoms with Gasteiger partial charge in [0.25, 0.3) is 0 Å². The van der Waals surface area contributed by atoms with Crippen LogP contribution in [0, 0.1) is 3.57 Å². The van der Waals surface area contributed by atoms with Crippen LogP contribution in [0.1, 0.15) is 10.4 Å². The normalized spacial score (nSPS) is 9.85. The molecule has 1 aromatic rings. The van der Waals surface area contributed by atoms with Gasteiger partial charge in [0.1, 0.15) is 0 Å². The number of carbonyl (C=O) groups is 1. The van der Waals surface area contributed by atoms with Gasteiger partial charge in [-0.25, -0.2) is 4.79 Å². The standard InChI is InChI=1S/C8H5BrClIO2/c1-13-8(12)4-2-5(9)7(10)6(11)3-4/h2-3H,1H3. The van der Waals surface area contributed by atoms with Crippen LogP contribution in [0.5, 0.6) is 0 Å². The Hall–Kier alpha value is 0.190. The molecule has 0 aliphatic carbocycles. The molecule has 0 bridgehead atoms. The van der Waals surface area contributed by atoms with E-state index in [2.05, 4.69) is 43.3 Å². The SMILES string of the molecule is COC(=O)c1cc(Br)c(Cl)c(I)c1. The van der Waals surface area contributed by atoms with Gasteiger partial charge in [0.05, 0.1) is 17.7 Å². The number of carbonyl (C=O) groups excluding carboxylic acids is 1. The molecule has 0 spiro atoms. The number of esters is 1. The van der Waals surface area contributed by atoms with Crippen LogP contribution >= 0.6 is 50.1 Å². The van der Waals surface area contributed by atoms with E-state index in [0.717, 1.165) is 3.57 Å². The van der Waals surface area contributed by atoms with Crippen molar-refractivity contribution in [2.75, 3.05) is 7.11 Å². The number of methoxy groups -OCH3 is 1. The molecule has 0 saturated heterocycles. The molecule has 13 heavy (non-hydrogen) atoms. The predicted octanol–water partition coefficient (Wildman–Crippen LogP) is 3.49. The van der Waals surface area contributed by atoms with Gasteiger partial charge < -0.3 is 4.74 Å². The van der Waals surface area contributed by atoms with Gasteiger partial charge in [-0.2, -0.15) is 0 Å². The predicted molar refractivity (Wildman–Crippen MR) is 63.2 cm³/mol. The molecule has 2 nitrogen and oxygen atoms in total. The molecular formula is C8H5BrClIO2. The first-order valence-electron chi connectivity index (χ1n) is 3.29. The van der Waals surface area contributed by atoms with Crippen LogP contribution in [0.15, 0.2) is 16.6 Å². The van der Waals surface area contributed by atoms with Crippen LogP contribution in [0.25, 0.3) is 0 Å². The van der Waals surface area contributed by atoms with Crippen LogP contribution in [-0.2, 0) is 4.74 Å². The van der Waals surface area contributed by atoms with E-state index in [9.17, 15) is 4.79 Å². The smallest absolute Gasteiger partial charge is 0.337 e.